The van der Waals surface area contributed by atoms with Gasteiger partial charge in [0.1, 0.15) is 23.9 Å². The molecule has 0 radical (unpaired) electrons. The van der Waals surface area contributed by atoms with Crippen molar-refractivity contribution in [2.45, 2.75) is 50.7 Å². The van der Waals surface area contributed by atoms with E-state index in [1.54, 1.807) is 30.1 Å². The molecule has 1 atom stereocenters. The third-order valence-electron chi connectivity index (χ3n) is 6.44. The smallest absolute Gasteiger partial charge is 0.254 e. The molecule has 9 heteroatoms. The van der Waals surface area contributed by atoms with Crippen LogP contribution in [0.1, 0.15) is 59.9 Å². The fourth-order valence-corrected chi connectivity index (χ4v) is 4.47. The summed E-state index contributed by atoms with van der Waals surface area (Å²) in [6.07, 6.45) is 6.02. The van der Waals surface area contributed by atoms with E-state index in [2.05, 4.69) is 15.0 Å². The van der Waals surface area contributed by atoms with Gasteiger partial charge in [-0.25, -0.2) is 4.98 Å². The van der Waals surface area contributed by atoms with E-state index in [4.69, 9.17) is 14.2 Å². The lowest BCUT2D eigenvalue weighted by atomic mass is 9.85. The lowest BCUT2D eigenvalue weighted by molar-refractivity contribution is -0.124. The van der Waals surface area contributed by atoms with Crippen molar-refractivity contribution in [3.05, 3.63) is 41.5 Å². The zero-order chi connectivity index (χ0) is 22.2. The van der Waals surface area contributed by atoms with E-state index in [9.17, 15) is 9.59 Å². The van der Waals surface area contributed by atoms with Crippen LogP contribution in [0.25, 0.3) is 11.0 Å². The van der Waals surface area contributed by atoms with Crippen molar-refractivity contribution in [1.29, 1.82) is 0 Å². The van der Waals surface area contributed by atoms with Crippen LogP contribution in [0.2, 0.25) is 0 Å². The molecule has 2 aliphatic rings. The van der Waals surface area contributed by atoms with Crippen LogP contribution in [0, 0.1) is 0 Å². The van der Waals surface area contributed by atoms with Crippen molar-refractivity contribution < 1.29 is 18.8 Å². The number of hydrogen-bond acceptors (Lipinski definition) is 6. The molecular formula is C23H27N5O4. The molecule has 9 nitrogen and oxygen atoms in total. The summed E-state index contributed by atoms with van der Waals surface area (Å²) in [4.78, 5) is 32.5. The van der Waals surface area contributed by atoms with Gasteiger partial charge in [0.2, 0.25) is 0 Å². The summed E-state index contributed by atoms with van der Waals surface area (Å²) in [6.45, 7) is 0.914. The molecule has 0 unspecified atom stereocenters. The Morgan fingerprint density at radius 1 is 1.25 bits per heavy atom. The van der Waals surface area contributed by atoms with Gasteiger partial charge in [-0.05, 0) is 37.8 Å². The molecule has 1 N–H and O–H groups in total. The van der Waals surface area contributed by atoms with Gasteiger partial charge in [0, 0.05) is 38.2 Å². The summed E-state index contributed by atoms with van der Waals surface area (Å²) < 4.78 is 12.5. The summed E-state index contributed by atoms with van der Waals surface area (Å²) in [7, 11) is 3.69. The molecule has 2 fully saturated rings. The Morgan fingerprint density at radius 3 is 2.75 bits per heavy atom. The quantitative estimate of drug-likeness (QED) is 0.635. The van der Waals surface area contributed by atoms with Gasteiger partial charge in [-0.15, -0.1) is 0 Å². The summed E-state index contributed by atoms with van der Waals surface area (Å²) in [5.74, 6) is 1.05. The molecule has 3 heterocycles. The Kier molecular flexibility index (Phi) is 5.42. The number of carbonyl (C=O) groups is 2. The molecule has 1 aromatic carbocycles. The van der Waals surface area contributed by atoms with Crippen molar-refractivity contribution in [1.82, 2.24) is 19.6 Å². The first-order valence-corrected chi connectivity index (χ1v) is 11.1. The molecule has 0 spiro atoms. The van der Waals surface area contributed by atoms with Gasteiger partial charge in [0.05, 0.1) is 23.3 Å². The van der Waals surface area contributed by atoms with E-state index in [1.165, 1.54) is 12.7 Å². The van der Waals surface area contributed by atoms with Gasteiger partial charge >= 0.3 is 0 Å². The Hall–Kier alpha value is -3.20. The van der Waals surface area contributed by atoms with Gasteiger partial charge in [-0.2, -0.15) is 0 Å². The van der Waals surface area contributed by atoms with Crippen LogP contribution in [0.4, 0.5) is 5.69 Å². The SMILES string of the molecule is CN(Cc1ccon1)C(=O)c1cc(NC(=O)[C@@H]2CCCO2)c2c(c1)nc(C1CCC1)n2C. The molecule has 3 aromatic rings. The van der Waals surface area contributed by atoms with Crippen LogP contribution in [0.3, 0.4) is 0 Å². The first-order valence-electron chi connectivity index (χ1n) is 11.1. The average molecular weight is 438 g/mol. The Balaban J connectivity index is 1.51. The van der Waals surface area contributed by atoms with Gasteiger partial charge in [-0.3, -0.25) is 9.59 Å². The number of hydrogen-bond donors (Lipinski definition) is 1. The minimum absolute atomic E-state index is 0.182. The molecule has 1 aliphatic heterocycles. The second kappa shape index (κ2) is 8.38. The fourth-order valence-electron chi connectivity index (χ4n) is 4.47. The highest BCUT2D eigenvalue weighted by molar-refractivity contribution is 6.06. The highest BCUT2D eigenvalue weighted by Crippen LogP contribution is 2.38. The molecule has 168 valence electrons. The highest BCUT2D eigenvalue weighted by Gasteiger charge is 2.29. The topological polar surface area (TPSA) is 102 Å². The predicted octanol–water partition coefficient (Wildman–Crippen LogP) is 3.22. The molecule has 1 saturated carbocycles. The number of aromatic nitrogens is 3. The van der Waals surface area contributed by atoms with Gasteiger partial charge < -0.3 is 24.0 Å². The summed E-state index contributed by atoms with van der Waals surface area (Å²) in [5.41, 5.74) is 3.25. The van der Waals surface area contributed by atoms with Crippen molar-refractivity contribution in [3.63, 3.8) is 0 Å². The predicted molar refractivity (Wildman–Crippen MR) is 117 cm³/mol. The summed E-state index contributed by atoms with van der Waals surface area (Å²) in [6, 6.07) is 5.27. The highest BCUT2D eigenvalue weighted by atomic mass is 16.5. The number of fused-ring (bicyclic) bond motifs is 1. The molecule has 1 aliphatic carbocycles. The van der Waals surface area contributed by atoms with Crippen molar-refractivity contribution in [3.8, 4) is 0 Å². The standard InChI is InChI=1S/C23H27N5O4/c1-27(13-16-8-10-32-26-16)23(30)15-11-17-20(28(2)21(24-17)14-5-3-6-14)18(12-15)25-22(29)19-7-4-9-31-19/h8,10-12,14,19H,3-7,9,13H2,1-2H3,(H,25,29)/t19-/m0/s1. The van der Waals surface area contributed by atoms with Gasteiger partial charge in [0.15, 0.2) is 0 Å². The van der Waals surface area contributed by atoms with E-state index >= 15 is 0 Å². The zero-order valence-electron chi connectivity index (χ0n) is 18.3. The number of amides is 2. The number of aryl methyl sites for hydroxylation is 1. The summed E-state index contributed by atoms with van der Waals surface area (Å²) in [5, 5.41) is 6.89. The van der Waals surface area contributed by atoms with E-state index in [1.807, 2.05) is 7.05 Å². The minimum atomic E-state index is -0.460. The molecule has 1 saturated heterocycles. The van der Waals surface area contributed by atoms with E-state index in [0.717, 1.165) is 30.6 Å². The van der Waals surface area contributed by atoms with Gasteiger partial charge in [0.25, 0.3) is 11.8 Å². The Morgan fingerprint density at radius 2 is 2.09 bits per heavy atom. The van der Waals surface area contributed by atoms with Crippen LogP contribution in [0.5, 0.6) is 0 Å². The number of nitrogens with zero attached hydrogens (tertiary/aromatic N) is 4. The fraction of sp³-hybridized carbons (Fsp3) is 0.478. The van der Waals surface area contributed by atoms with E-state index in [0.29, 0.717) is 48.0 Å². The van der Waals surface area contributed by atoms with E-state index in [-0.39, 0.29) is 11.8 Å². The van der Waals surface area contributed by atoms with Crippen molar-refractivity contribution >= 4 is 28.5 Å². The Labute approximate surface area is 185 Å². The second-order valence-corrected chi connectivity index (χ2v) is 8.69. The van der Waals surface area contributed by atoms with Crippen molar-refractivity contribution in [2.75, 3.05) is 19.0 Å². The monoisotopic (exact) mass is 437 g/mol. The van der Waals surface area contributed by atoms with Crippen LogP contribution in [-0.2, 0) is 23.1 Å². The third-order valence-corrected chi connectivity index (χ3v) is 6.44. The zero-order valence-corrected chi connectivity index (χ0v) is 18.3. The second-order valence-electron chi connectivity index (χ2n) is 8.69. The van der Waals surface area contributed by atoms with Crippen LogP contribution in [0.15, 0.2) is 29.0 Å². The van der Waals surface area contributed by atoms with Crippen LogP contribution in [-0.4, -0.2) is 51.2 Å². The average Bonchev–Trinajstić information content (AvgIpc) is 3.49. The molecule has 5 rings (SSSR count). The number of rotatable bonds is 6. The van der Waals surface area contributed by atoms with Crippen LogP contribution >= 0.6 is 0 Å². The lowest BCUT2D eigenvalue weighted by Crippen LogP contribution is -2.28. The maximum absolute atomic E-state index is 13.2. The van der Waals surface area contributed by atoms with Gasteiger partial charge in [-0.1, -0.05) is 11.6 Å². The molecular weight excluding hydrogens is 410 g/mol. The Bertz CT molecular complexity index is 1140. The molecule has 2 amide bonds. The number of ether oxygens (including phenoxy) is 1. The first kappa shape index (κ1) is 20.7. The third kappa shape index (κ3) is 3.77. The first-order chi connectivity index (χ1) is 15.5. The van der Waals surface area contributed by atoms with E-state index < -0.39 is 6.10 Å². The number of nitrogens with one attached hydrogen (secondary N) is 1. The minimum Gasteiger partial charge on any atom is -0.368 e. The molecule has 0 bridgehead atoms. The summed E-state index contributed by atoms with van der Waals surface area (Å²) >= 11 is 0. The number of benzene rings is 1. The number of anilines is 1. The normalized spacial score (nSPS) is 18.6. The maximum atomic E-state index is 13.2. The maximum Gasteiger partial charge on any atom is 0.254 e. The molecule has 32 heavy (non-hydrogen) atoms. The lowest BCUT2D eigenvalue weighted by Gasteiger charge is -2.24. The molecule has 2 aromatic heterocycles. The van der Waals surface area contributed by atoms with Crippen molar-refractivity contribution in [2.24, 2.45) is 7.05 Å². The number of imidazole rings is 1. The largest absolute Gasteiger partial charge is 0.368 e. The van der Waals surface area contributed by atoms with Crippen LogP contribution < -0.4 is 5.32 Å². The number of carbonyl (C=O) groups excluding carboxylic acids is 2.